The molecular weight excluding hydrogens is 436 g/mol. The molecule has 8 nitrogen and oxygen atoms in total. The van der Waals surface area contributed by atoms with Crippen molar-refractivity contribution in [3.05, 3.63) is 59.7 Å². The normalized spacial score (nSPS) is 22.4. The predicted molar refractivity (Wildman–Crippen MR) is 125 cm³/mol. The van der Waals surface area contributed by atoms with Crippen LogP contribution in [0, 0.1) is 11.8 Å². The van der Waals surface area contributed by atoms with Crippen LogP contribution in [0.4, 0.5) is 4.79 Å². The number of nitrogens with one attached hydrogen (secondary N) is 1. The van der Waals surface area contributed by atoms with Gasteiger partial charge in [0.2, 0.25) is 5.91 Å². The van der Waals surface area contributed by atoms with Gasteiger partial charge in [0.25, 0.3) is 0 Å². The molecule has 2 aromatic carbocycles. The second-order valence-electron chi connectivity index (χ2n) is 9.31. The van der Waals surface area contributed by atoms with Crippen LogP contribution in [0.3, 0.4) is 0 Å². The molecule has 1 aliphatic carbocycles. The highest BCUT2D eigenvalue weighted by Crippen LogP contribution is 2.44. The maximum Gasteiger partial charge on any atom is 0.407 e. The summed E-state index contributed by atoms with van der Waals surface area (Å²) >= 11 is 0. The third-order valence-electron chi connectivity index (χ3n) is 6.81. The summed E-state index contributed by atoms with van der Waals surface area (Å²) in [5.41, 5.74) is 4.32. The number of benzene rings is 2. The number of aliphatic hydroxyl groups is 1. The minimum Gasteiger partial charge on any atom is -0.481 e. The van der Waals surface area contributed by atoms with Crippen LogP contribution in [0.2, 0.25) is 0 Å². The van der Waals surface area contributed by atoms with Crippen molar-refractivity contribution in [1.29, 1.82) is 0 Å². The Hall–Kier alpha value is -3.39. The minimum atomic E-state index is -1.25. The molecule has 8 heteroatoms. The summed E-state index contributed by atoms with van der Waals surface area (Å²) in [5, 5.41) is 21.9. The number of ether oxygens (including phenoxy) is 1. The maximum absolute atomic E-state index is 13.1. The standard InChI is InChI=1S/C26H30N2O6/c1-15-12-28(13-16(2)24(15)31)25(32)22(11-23(29)30)27-26(33)34-14-21-19-9-5-3-7-17(19)18-8-4-6-10-20(18)21/h3-10,15-16,21-22,24,31H,11-14H2,1-2H3,(H,27,33)(H,29,30). The number of carbonyl (C=O) groups is 3. The number of rotatable bonds is 6. The predicted octanol–water partition coefficient (Wildman–Crippen LogP) is 2.84. The zero-order valence-electron chi connectivity index (χ0n) is 19.3. The molecule has 1 heterocycles. The molecule has 2 amide bonds. The van der Waals surface area contributed by atoms with E-state index in [-0.39, 0.29) is 24.4 Å². The van der Waals surface area contributed by atoms with E-state index in [2.05, 4.69) is 5.32 Å². The first-order valence-electron chi connectivity index (χ1n) is 11.6. The Morgan fingerprint density at radius 1 is 1.00 bits per heavy atom. The summed E-state index contributed by atoms with van der Waals surface area (Å²) in [6.45, 7) is 4.34. The number of hydrogen-bond acceptors (Lipinski definition) is 5. The number of aliphatic carboxylic acids is 1. The third-order valence-corrected chi connectivity index (χ3v) is 6.81. The Morgan fingerprint density at radius 2 is 1.53 bits per heavy atom. The lowest BCUT2D eigenvalue weighted by Gasteiger charge is -2.40. The fourth-order valence-corrected chi connectivity index (χ4v) is 5.10. The average Bonchev–Trinajstić information content (AvgIpc) is 3.13. The van der Waals surface area contributed by atoms with Crippen molar-refractivity contribution in [3.8, 4) is 11.1 Å². The second-order valence-corrected chi connectivity index (χ2v) is 9.31. The summed E-state index contributed by atoms with van der Waals surface area (Å²) in [6, 6.07) is 14.7. The van der Waals surface area contributed by atoms with Crippen LogP contribution in [0.25, 0.3) is 11.1 Å². The van der Waals surface area contributed by atoms with Gasteiger partial charge in [-0.3, -0.25) is 9.59 Å². The Balaban J connectivity index is 1.43. The van der Waals surface area contributed by atoms with Crippen LogP contribution in [-0.2, 0) is 14.3 Å². The summed E-state index contributed by atoms with van der Waals surface area (Å²) in [7, 11) is 0. The number of aliphatic hydroxyl groups excluding tert-OH is 1. The number of nitrogens with zero attached hydrogens (tertiary/aromatic N) is 1. The van der Waals surface area contributed by atoms with Crippen molar-refractivity contribution < 1.29 is 29.3 Å². The average molecular weight is 467 g/mol. The molecule has 1 fully saturated rings. The maximum atomic E-state index is 13.1. The summed E-state index contributed by atoms with van der Waals surface area (Å²) in [5.74, 6) is -2.12. The zero-order chi connectivity index (χ0) is 24.4. The molecule has 3 unspecified atom stereocenters. The Kier molecular flexibility index (Phi) is 6.88. The van der Waals surface area contributed by atoms with Crippen molar-refractivity contribution in [2.45, 2.75) is 38.3 Å². The monoisotopic (exact) mass is 466 g/mol. The highest BCUT2D eigenvalue weighted by molar-refractivity contribution is 5.89. The molecule has 180 valence electrons. The highest BCUT2D eigenvalue weighted by Gasteiger charge is 2.37. The topological polar surface area (TPSA) is 116 Å². The Morgan fingerprint density at radius 3 is 2.06 bits per heavy atom. The molecule has 0 saturated carbocycles. The number of piperidine rings is 1. The molecule has 3 atom stereocenters. The first-order valence-corrected chi connectivity index (χ1v) is 11.6. The zero-order valence-corrected chi connectivity index (χ0v) is 19.3. The van der Waals surface area contributed by atoms with E-state index in [0.717, 1.165) is 22.3 Å². The molecule has 1 aliphatic heterocycles. The Labute approximate surface area is 198 Å². The van der Waals surface area contributed by atoms with E-state index < -0.39 is 36.5 Å². The molecule has 0 radical (unpaired) electrons. The first-order chi connectivity index (χ1) is 16.3. The van der Waals surface area contributed by atoms with E-state index >= 15 is 0 Å². The SMILES string of the molecule is CC1CN(C(=O)C(CC(=O)O)NC(=O)OCC2c3ccccc3-c3ccccc32)CC(C)C1O. The van der Waals surface area contributed by atoms with E-state index in [1.807, 2.05) is 62.4 Å². The van der Waals surface area contributed by atoms with E-state index in [0.29, 0.717) is 13.1 Å². The van der Waals surface area contributed by atoms with Gasteiger partial charge >= 0.3 is 12.1 Å². The summed E-state index contributed by atoms with van der Waals surface area (Å²) in [6.07, 6.45) is -1.91. The lowest BCUT2D eigenvalue weighted by Crippen LogP contribution is -2.56. The van der Waals surface area contributed by atoms with Gasteiger partial charge in [-0.25, -0.2) is 4.79 Å². The van der Waals surface area contributed by atoms with Crippen molar-refractivity contribution in [2.75, 3.05) is 19.7 Å². The molecule has 3 N–H and O–H groups in total. The van der Waals surface area contributed by atoms with Gasteiger partial charge < -0.3 is 25.2 Å². The number of carbonyl (C=O) groups excluding carboxylic acids is 2. The van der Waals surface area contributed by atoms with Gasteiger partial charge in [-0.2, -0.15) is 0 Å². The number of hydrogen-bond donors (Lipinski definition) is 3. The number of carboxylic acids is 1. The van der Waals surface area contributed by atoms with E-state index in [1.54, 1.807) is 0 Å². The van der Waals surface area contributed by atoms with E-state index in [9.17, 15) is 24.6 Å². The van der Waals surface area contributed by atoms with Gasteiger partial charge in [-0.15, -0.1) is 0 Å². The first kappa shape index (κ1) is 23.8. The number of alkyl carbamates (subject to hydrolysis) is 1. The molecule has 1 saturated heterocycles. The molecular formula is C26H30N2O6. The van der Waals surface area contributed by atoms with Crippen LogP contribution < -0.4 is 5.32 Å². The Bertz CT molecular complexity index is 1030. The molecule has 34 heavy (non-hydrogen) atoms. The number of carboxylic acid groups (broad SMARTS) is 1. The van der Waals surface area contributed by atoms with Gasteiger partial charge in [0.05, 0.1) is 12.5 Å². The molecule has 0 aromatic heterocycles. The molecule has 0 spiro atoms. The lowest BCUT2D eigenvalue weighted by atomic mass is 9.88. The number of fused-ring (bicyclic) bond motifs is 3. The van der Waals surface area contributed by atoms with Crippen LogP contribution in [0.15, 0.2) is 48.5 Å². The van der Waals surface area contributed by atoms with E-state index in [1.165, 1.54) is 4.90 Å². The smallest absolute Gasteiger partial charge is 0.407 e. The van der Waals surface area contributed by atoms with Crippen molar-refractivity contribution >= 4 is 18.0 Å². The fraction of sp³-hybridized carbons (Fsp3) is 0.423. The molecule has 2 aromatic rings. The second kappa shape index (κ2) is 9.85. The minimum absolute atomic E-state index is 0.0673. The molecule has 4 rings (SSSR count). The van der Waals surface area contributed by atoms with Crippen molar-refractivity contribution in [3.63, 3.8) is 0 Å². The quantitative estimate of drug-likeness (QED) is 0.603. The largest absolute Gasteiger partial charge is 0.481 e. The van der Waals surface area contributed by atoms with Gasteiger partial charge in [0, 0.05) is 19.0 Å². The number of likely N-dealkylation sites (tertiary alicyclic amines) is 1. The highest BCUT2D eigenvalue weighted by atomic mass is 16.5. The summed E-state index contributed by atoms with van der Waals surface area (Å²) < 4.78 is 5.49. The van der Waals surface area contributed by atoms with E-state index in [4.69, 9.17) is 4.74 Å². The third kappa shape index (κ3) is 4.77. The van der Waals surface area contributed by atoms with Gasteiger partial charge in [-0.1, -0.05) is 62.4 Å². The number of amides is 2. The van der Waals surface area contributed by atoms with Crippen molar-refractivity contribution in [2.24, 2.45) is 11.8 Å². The lowest BCUT2D eigenvalue weighted by molar-refractivity contribution is -0.145. The molecule has 2 aliphatic rings. The van der Waals surface area contributed by atoms with Crippen LogP contribution in [-0.4, -0.2) is 64.9 Å². The van der Waals surface area contributed by atoms with Gasteiger partial charge in [0.1, 0.15) is 12.6 Å². The van der Waals surface area contributed by atoms with Crippen LogP contribution in [0.5, 0.6) is 0 Å². The van der Waals surface area contributed by atoms with Crippen molar-refractivity contribution in [1.82, 2.24) is 10.2 Å². The summed E-state index contributed by atoms with van der Waals surface area (Å²) in [4.78, 5) is 38.6. The van der Waals surface area contributed by atoms with Gasteiger partial charge in [0.15, 0.2) is 0 Å². The molecule has 0 bridgehead atoms. The fourth-order valence-electron chi connectivity index (χ4n) is 5.10. The van der Waals surface area contributed by atoms with Crippen LogP contribution in [0.1, 0.15) is 37.3 Å². The van der Waals surface area contributed by atoms with Crippen LogP contribution >= 0.6 is 0 Å². The van der Waals surface area contributed by atoms with Gasteiger partial charge in [-0.05, 0) is 34.1 Å².